The first-order valence-electron chi connectivity index (χ1n) is 8.84. The van der Waals surface area contributed by atoms with E-state index in [4.69, 9.17) is 9.88 Å². The van der Waals surface area contributed by atoms with E-state index < -0.39 is 10.0 Å². The molecule has 1 aliphatic heterocycles. The third kappa shape index (κ3) is 7.79. The van der Waals surface area contributed by atoms with Gasteiger partial charge in [-0.05, 0) is 24.1 Å². The number of nitrogens with zero attached hydrogens (tertiary/aromatic N) is 1. The van der Waals surface area contributed by atoms with E-state index in [0.717, 1.165) is 45.0 Å². The molecule has 0 aromatic heterocycles. The van der Waals surface area contributed by atoms with E-state index in [1.54, 1.807) is 12.1 Å². The fourth-order valence-corrected chi connectivity index (χ4v) is 3.18. The third-order valence-corrected chi connectivity index (χ3v) is 5.15. The van der Waals surface area contributed by atoms with Crippen LogP contribution in [0.2, 0.25) is 0 Å². The van der Waals surface area contributed by atoms with Crippen molar-refractivity contribution in [2.24, 2.45) is 5.14 Å². The number of nitrogens with one attached hydrogen (secondary N) is 2. The van der Waals surface area contributed by atoms with Crippen molar-refractivity contribution in [1.29, 1.82) is 0 Å². The minimum absolute atomic E-state index is 0.00466. The van der Waals surface area contributed by atoms with Crippen LogP contribution in [0.15, 0.2) is 29.2 Å². The zero-order valence-electron chi connectivity index (χ0n) is 14.9. The number of primary sulfonamides is 1. The topological polar surface area (TPSA) is 114 Å². The number of hydrogen-bond donors (Lipinski definition) is 3. The molecular weight excluding hydrogens is 356 g/mol. The summed E-state index contributed by atoms with van der Waals surface area (Å²) >= 11 is 0. The zero-order valence-corrected chi connectivity index (χ0v) is 15.8. The van der Waals surface area contributed by atoms with Crippen molar-refractivity contribution in [3.63, 3.8) is 0 Å². The van der Waals surface area contributed by atoms with E-state index in [1.807, 2.05) is 0 Å². The van der Waals surface area contributed by atoms with Crippen LogP contribution in [-0.2, 0) is 26.0 Å². The Bertz CT molecular complexity index is 658. The highest BCUT2D eigenvalue weighted by Crippen LogP contribution is 2.08. The molecule has 1 aromatic rings. The van der Waals surface area contributed by atoms with Gasteiger partial charge in [-0.15, -0.1) is 0 Å². The lowest BCUT2D eigenvalue weighted by Crippen LogP contribution is -2.40. The summed E-state index contributed by atoms with van der Waals surface area (Å²) in [6.07, 6.45) is 1.08. The molecule has 0 bridgehead atoms. The summed E-state index contributed by atoms with van der Waals surface area (Å²) in [6, 6.07) is 6.37. The minimum atomic E-state index is -3.66. The van der Waals surface area contributed by atoms with Gasteiger partial charge < -0.3 is 15.4 Å². The molecule has 1 fully saturated rings. The van der Waals surface area contributed by atoms with E-state index in [-0.39, 0.29) is 10.8 Å². The molecule has 0 radical (unpaired) electrons. The van der Waals surface area contributed by atoms with Gasteiger partial charge >= 0.3 is 0 Å². The van der Waals surface area contributed by atoms with Gasteiger partial charge in [0.25, 0.3) is 0 Å². The van der Waals surface area contributed by atoms with Crippen molar-refractivity contribution in [3.8, 4) is 0 Å². The summed E-state index contributed by atoms with van der Waals surface area (Å²) in [5, 5.41) is 11.2. The summed E-state index contributed by atoms with van der Waals surface area (Å²) in [6.45, 7) is 6.55. The number of rotatable bonds is 10. The molecule has 1 aromatic carbocycles. The summed E-state index contributed by atoms with van der Waals surface area (Å²) < 4.78 is 27.7. The highest BCUT2D eigenvalue weighted by Gasteiger charge is 2.09. The molecule has 2 rings (SSSR count). The highest BCUT2D eigenvalue weighted by molar-refractivity contribution is 7.89. The minimum Gasteiger partial charge on any atom is -0.379 e. The standard InChI is InChI=1S/C17H28N4O4S/c18-26(23,24)16-3-1-15(2-4-16)5-8-20-17(22)6-7-19-9-10-21-11-13-25-14-12-21/h1-4,19H,5-14H2,(H,20,22)(H2,18,23,24). The lowest BCUT2D eigenvalue weighted by atomic mass is 10.1. The molecule has 0 aliphatic carbocycles. The average molecular weight is 385 g/mol. The molecule has 0 saturated carbocycles. The van der Waals surface area contributed by atoms with Crippen LogP contribution in [0.25, 0.3) is 0 Å². The molecular formula is C17H28N4O4S. The Morgan fingerprint density at radius 3 is 2.46 bits per heavy atom. The van der Waals surface area contributed by atoms with Gasteiger partial charge in [0.05, 0.1) is 18.1 Å². The Kier molecular flexibility index (Phi) is 8.46. The van der Waals surface area contributed by atoms with E-state index in [0.29, 0.717) is 25.9 Å². The second-order valence-corrected chi connectivity index (χ2v) is 7.80. The van der Waals surface area contributed by atoms with Crippen molar-refractivity contribution >= 4 is 15.9 Å². The Morgan fingerprint density at radius 1 is 1.12 bits per heavy atom. The molecule has 1 aliphatic rings. The number of sulfonamides is 1. The summed E-state index contributed by atoms with van der Waals surface area (Å²) in [7, 11) is -3.66. The van der Waals surface area contributed by atoms with Crippen molar-refractivity contribution < 1.29 is 17.9 Å². The molecule has 146 valence electrons. The summed E-state index contributed by atoms with van der Waals surface area (Å²) in [5.74, 6) is 0.00466. The molecule has 4 N–H and O–H groups in total. The summed E-state index contributed by atoms with van der Waals surface area (Å²) in [4.78, 5) is 14.2. The van der Waals surface area contributed by atoms with E-state index >= 15 is 0 Å². The lowest BCUT2D eigenvalue weighted by Gasteiger charge is -2.26. The molecule has 0 spiro atoms. The lowest BCUT2D eigenvalue weighted by molar-refractivity contribution is -0.120. The third-order valence-electron chi connectivity index (χ3n) is 4.23. The Hall–Kier alpha value is -1.52. The molecule has 0 unspecified atom stereocenters. The largest absolute Gasteiger partial charge is 0.379 e. The monoisotopic (exact) mass is 384 g/mol. The number of carbonyl (C=O) groups is 1. The number of hydrogen-bond acceptors (Lipinski definition) is 6. The maximum absolute atomic E-state index is 11.8. The fraction of sp³-hybridized carbons (Fsp3) is 0.588. The maximum atomic E-state index is 11.8. The molecule has 1 amide bonds. The van der Waals surface area contributed by atoms with Crippen LogP contribution >= 0.6 is 0 Å². The van der Waals surface area contributed by atoms with Gasteiger partial charge in [0.15, 0.2) is 0 Å². The smallest absolute Gasteiger partial charge is 0.238 e. The number of carbonyl (C=O) groups excluding carboxylic acids is 1. The van der Waals surface area contributed by atoms with Crippen molar-refractivity contribution in [1.82, 2.24) is 15.5 Å². The van der Waals surface area contributed by atoms with E-state index in [1.165, 1.54) is 12.1 Å². The van der Waals surface area contributed by atoms with Crippen LogP contribution in [0.4, 0.5) is 0 Å². The van der Waals surface area contributed by atoms with Crippen LogP contribution in [-0.4, -0.2) is 71.7 Å². The van der Waals surface area contributed by atoms with Crippen molar-refractivity contribution in [3.05, 3.63) is 29.8 Å². The quantitative estimate of drug-likeness (QED) is 0.460. The predicted octanol–water partition coefficient (Wildman–Crippen LogP) is -0.695. The van der Waals surface area contributed by atoms with E-state index in [9.17, 15) is 13.2 Å². The van der Waals surface area contributed by atoms with Gasteiger partial charge in [0, 0.05) is 45.7 Å². The number of ether oxygens (including phenoxy) is 1. The fourth-order valence-electron chi connectivity index (χ4n) is 2.67. The molecule has 26 heavy (non-hydrogen) atoms. The van der Waals surface area contributed by atoms with Crippen molar-refractivity contribution in [2.75, 3.05) is 52.5 Å². The SMILES string of the molecule is NS(=O)(=O)c1ccc(CCNC(=O)CCNCCN2CCOCC2)cc1. The molecule has 0 atom stereocenters. The maximum Gasteiger partial charge on any atom is 0.238 e. The number of morpholine rings is 1. The molecule has 9 heteroatoms. The van der Waals surface area contributed by atoms with E-state index in [2.05, 4.69) is 15.5 Å². The highest BCUT2D eigenvalue weighted by atomic mass is 32.2. The van der Waals surface area contributed by atoms with Gasteiger partial charge in [-0.3, -0.25) is 9.69 Å². The predicted molar refractivity (Wildman–Crippen MR) is 99.3 cm³/mol. The Morgan fingerprint density at radius 2 is 1.81 bits per heavy atom. The van der Waals surface area contributed by atoms with Crippen LogP contribution in [0.5, 0.6) is 0 Å². The van der Waals surface area contributed by atoms with Crippen LogP contribution in [0.1, 0.15) is 12.0 Å². The first-order chi connectivity index (χ1) is 12.4. The van der Waals surface area contributed by atoms with Gasteiger partial charge in [-0.25, -0.2) is 13.6 Å². The number of benzene rings is 1. The van der Waals surface area contributed by atoms with Gasteiger partial charge in [-0.2, -0.15) is 0 Å². The average Bonchev–Trinajstić information content (AvgIpc) is 2.62. The normalized spacial score (nSPS) is 15.7. The van der Waals surface area contributed by atoms with Gasteiger partial charge in [-0.1, -0.05) is 12.1 Å². The Balaban J connectivity index is 1.53. The second-order valence-electron chi connectivity index (χ2n) is 6.24. The van der Waals surface area contributed by atoms with Crippen LogP contribution < -0.4 is 15.8 Å². The van der Waals surface area contributed by atoms with Crippen LogP contribution in [0, 0.1) is 0 Å². The number of nitrogens with two attached hydrogens (primary N) is 1. The zero-order chi connectivity index (χ0) is 18.8. The first-order valence-corrected chi connectivity index (χ1v) is 10.4. The molecule has 1 saturated heterocycles. The number of amides is 1. The first kappa shape index (κ1) is 20.8. The van der Waals surface area contributed by atoms with Gasteiger partial charge in [0.1, 0.15) is 0 Å². The molecule has 1 heterocycles. The van der Waals surface area contributed by atoms with Crippen molar-refractivity contribution in [2.45, 2.75) is 17.7 Å². The summed E-state index contributed by atoms with van der Waals surface area (Å²) in [5.41, 5.74) is 0.946. The van der Waals surface area contributed by atoms with Crippen LogP contribution in [0.3, 0.4) is 0 Å². The second kappa shape index (κ2) is 10.6. The molecule has 8 nitrogen and oxygen atoms in total. The Labute approximate surface area is 155 Å². The van der Waals surface area contributed by atoms with Gasteiger partial charge in [0.2, 0.25) is 15.9 Å².